The Kier molecular flexibility index (Phi) is 4.96. The summed E-state index contributed by atoms with van der Waals surface area (Å²) in [5.41, 5.74) is 4.91. The fourth-order valence-electron chi connectivity index (χ4n) is 2.76. The predicted octanol–water partition coefficient (Wildman–Crippen LogP) is 7.00. The maximum absolute atomic E-state index is 4.83. The van der Waals surface area contributed by atoms with Crippen LogP contribution in [0.2, 0.25) is 0 Å². The zero-order valence-electron chi connectivity index (χ0n) is 13.7. The molecule has 126 valence electrons. The Balaban J connectivity index is 1.93. The molecule has 0 spiro atoms. The molecule has 0 aliphatic carbocycles. The molecular weight excluding hydrogens is 452 g/mol. The highest BCUT2D eigenvalue weighted by molar-refractivity contribution is 9.10. The van der Waals surface area contributed by atoms with Gasteiger partial charge in [-0.1, -0.05) is 86.5 Å². The van der Waals surface area contributed by atoms with Crippen molar-refractivity contribution in [2.75, 3.05) is 0 Å². The third kappa shape index (κ3) is 3.76. The SMILES string of the molecule is Brc1cccc(-c2cc(-c3ccccc3)nc(-c3cccc(Br)c3)n2)c1. The minimum atomic E-state index is 0.711. The number of aromatic nitrogens is 2. The Labute approximate surface area is 169 Å². The third-order valence-electron chi connectivity index (χ3n) is 4.00. The Bertz CT molecular complexity index is 999. The van der Waals surface area contributed by atoms with Crippen LogP contribution in [0.5, 0.6) is 0 Å². The summed E-state index contributed by atoms with van der Waals surface area (Å²) < 4.78 is 2.03. The summed E-state index contributed by atoms with van der Waals surface area (Å²) in [6.07, 6.45) is 0. The van der Waals surface area contributed by atoms with Gasteiger partial charge in [-0.15, -0.1) is 0 Å². The Morgan fingerprint density at radius 3 is 1.69 bits per heavy atom. The maximum atomic E-state index is 4.83. The van der Waals surface area contributed by atoms with Crippen LogP contribution in [0.4, 0.5) is 0 Å². The molecule has 0 fully saturated rings. The first-order chi connectivity index (χ1) is 12.7. The quantitative estimate of drug-likeness (QED) is 0.325. The predicted molar refractivity (Wildman–Crippen MR) is 114 cm³/mol. The van der Waals surface area contributed by atoms with E-state index in [1.54, 1.807) is 0 Å². The third-order valence-corrected chi connectivity index (χ3v) is 4.99. The molecule has 4 aromatic rings. The van der Waals surface area contributed by atoms with Crippen molar-refractivity contribution in [2.24, 2.45) is 0 Å². The van der Waals surface area contributed by atoms with E-state index in [2.05, 4.69) is 56.1 Å². The van der Waals surface area contributed by atoms with Gasteiger partial charge >= 0.3 is 0 Å². The van der Waals surface area contributed by atoms with Gasteiger partial charge in [0, 0.05) is 25.6 Å². The largest absolute Gasteiger partial charge is 0.228 e. The van der Waals surface area contributed by atoms with Crippen molar-refractivity contribution in [1.29, 1.82) is 0 Å². The van der Waals surface area contributed by atoms with Crippen molar-refractivity contribution in [3.8, 4) is 33.9 Å². The standard InChI is InChI=1S/C22H14Br2N2/c23-18-10-4-8-16(12-18)21-14-20(15-6-2-1-3-7-15)25-22(26-21)17-9-5-11-19(24)13-17/h1-14H. The lowest BCUT2D eigenvalue weighted by molar-refractivity contribution is 1.18. The molecule has 3 aromatic carbocycles. The summed E-state index contributed by atoms with van der Waals surface area (Å²) in [4.78, 5) is 9.65. The van der Waals surface area contributed by atoms with Crippen LogP contribution in [-0.2, 0) is 0 Å². The second kappa shape index (κ2) is 7.52. The fourth-order valence-corrected chi connectivity index (χ4v) is 3.55. The van der Waals surface area contributed by atoms with Gasteiger partial charge in [0.15, 0.2) is 5.82 Å². The van der Waals surface area contributed by atoms with Gasteiger partial charge < -0.3 is 0 Å². The molecule has 1 heterocycles. The first-order valence-corrected chi connectivity index (χ1v) is 9.74. The van der Waals surface area contributed by atoms with Crippen LogP contribution in [0.25, 0.3) is 33.9 Å². The smallest absolute Gasteiger partial charge is 0.160 e. The average molecular weight is 466 g/mol. The first kappa shape index (κ1) is 17.1. The van der Waals surface area contributed by atoms with Gasteiger partial charge in [0.2, 0.25) is 0 Å². The highest BCUT2D eigenvalue weighted by atomic mass is 79.9. The fraction of sp³-hybridized carbons (Fsp3) is 0. The molecule has 2 nitrogen and oxygen atoms in total. The lowest BCUT2D eigenvalue weighted by Gasteiger charge is -2.10. The molecule has 0 radical (unpaired) electrons. The van der Waals surface area contributed by atoms with E-state index in [1.165, 1.54) is 0 Å². The topological polar surface area (TPSA) is 25.8 Å². The molecule has 0 saturated carbocycles. The van der Waals surface area contributed by atoms with E-state index in [-0.39, 0.29) is 0 Å². The van der Waals surface area contributed by atoms with E-state index in [0.717, 1.165) is 37.0 Å². The van der Waals surface area contributed by atoms with E-state index >= 15 is 0 Å². The number of benzene rings is 3. The van der Waals surface area contributed by atoms with Crippen LogP contribution < -0.4 is 0 Å². The lowest BCUT2D eigenvalue weighted by atomic mass is 10.1. The van der Waals surface area contributed by atoms with Gasteiger partial charge in [0.25, 0.3) is 0 Å². The Hall–Kier alpha value is -2.30. The highest BCUT2D eigenvalue weighted by Crippen LogP contribution is 2.29. The minimum Gasteiger partial charge on any atom is -0.228 e. The Morgan fingerprint density at radius 2 is 1.04 bits per heavy atom. The van der Waals surface area contributed by atoms with E-state index < -0.39 is 0 Å². The number of hydrogen-bond donors (Lipinski definition) is 0. The zero-order chi connectivity index (χ0) is 17.9. The van der Waals surface area contributed by atoms with E-state index in [0.29, 0.717) is 5.82 Å². The van der Waals surface area contributed by atoms with E-state index in [1.807, 2.05) is 60.7 Å². The molecule has 0 N–H and O–H groups in total. The van der Waals surface area contributed by atoms with Crippen LogP contribution in [0.1, 0.15) is 0 Å². The summed E-state index contributed by atoms with van der Waals surface area (Å²) in [6, 6.07) is 28.5. The minimum absolute atomic E-state index is 0.711. The van der Waals surface area contributed by atoms with Crippen molar-refractivity contribution in [2.45, 2.75) is 0 Å². The van der Waals surface area contributed by atoms with Gasteiger partial charge in [0.1, 0.15) is 0 Å². The van der Waals surface area contributed by atoms with Crippen LogP contribution in [0.3, 0.4) is 0 Å². The van der Waals surface area contributed by atoms with Crippen molar-refractivity contribution >= 4 is 31.9 Å². The molecule has 0 aliphatic heterocycles. The van der Waals surface area contributed by atoms with Crippen molar-refractivity contribution < 1.29 is 0 Å². The van der Waals surface area contributed by atoms with E-state index in [4.69, 9.17) is 9.97 Å². The monoisotopic (exact) mass is 464 g/mol. The number of halogens is 2. The first-order valence-electron chi connectivity index (χ1n) is 8.15. The molecule has 0 amide bonds. The van der Waals surface area contributed by atoms with E-state index in [9.17, 15) is 0 Å². The second-order valence-corrected chi connectivity index (χ2v) is 7.68. The second-order valence-electron chi connectivity index (χ2n) is 5.85. The van der Waals surface area contributed by atoms with Crippen LogP contribution in [0, 0.1) is 0 Å². The molecule has 1 aromatic heterocycles. The number of rotatable bonds is 3. The normalized spacial score (nSPS) is 10.7. The maximum Gasteiger partial charge on any atom is 0.160 e. The van der Waals surface area contributed by atoms with Gasteiger partial charge in [-0.05, 0) is 30.3 Å². The summed E-state index contributed by atoms with van der Waals surface area (Å²) in [5, 5.41) is 0. The molecule has 0 atom stereocenters. The molecule has 4 rings (SSSR count). The lowest BCUT2D eigenvalue weighted by Crippen LogP contribution is -1.95. The summed E-state index contributed by atoms with van der Waals surface area (Å²) >= 11 is 7.08. The van der Waals surface area contributed by atoms with Crippen LogP contribution in [-0.4, -0.2) is 9.97 Å². The van der Waals surface area contributed by atoms with Gasteiger partial charge in [-0.25, -0.2) is 9.97 Å². The van der Waals surface area contributed by atoms with Crippen molar-refractivity contribution in [1.82, 2.24) is 9.97 Å². The molecule has 0 unspecified atom stereocenters. The number of hydrogen-bond acceptors (Lipinski definition) is 2. The average Bonchev–Trinajstić information content (AvgIpc) is 2.68. The number of nitrogens with zero attached hydrogens (tertiary/aromatic N) is 2. The summed E-state index contributed by atoms with van der Waals surface area (Å²) in [5.74, 6) is 0.711. The molecule has 0 saturated heterocycles. The van der Waals surface area contributed by atoms with Crippen LogP contribution >= 0.6 is 31.9 Å². The van der Waals surface area contributed by atoms with Gasteiger partial charge in [0.05, 0.1) is 11.4 Å². The Morgan fingerprint density at radius 1 is 0.500 bits per heavy atom. The molecule has 4 heteroatoms. The molecule has 0 aliphatic rings. The highest BCUT2D eigenvalue weighted by Gasteiger charge is 2.11. The zero-order valence-corrected chi connectivity index (χ0v) is 16.9. The molecular formula is C22H14Br2N2. The van der Waals surface area contributed by atoms with Gasteiger partial charge in [-0.2, -0.15) is 0 Å². The van der Waals surface area contributed by atoms with Crippen LogP contribution in [0.15, 0.2) is 93.9 Å². The van der Waals surface area contributed by atoms with Crippen molar-refractivity contribution in [3.63, 3.8) is 0 Å². The summed E-state index contributed by atoms with van der Waals surface area (Å²) in [7, 11) is 0. The molecule has 26 heavy (non-hydrogen) atoms. The van der Waals surface area contributed by atoms with Gasteiger partial charge in [-0.3, -0.25) is 0 Å². The summed E-state index contributed by atoms with van der Waals surface area (Å²) in [6.45, 7) is 0. The van der Waals surface area contributed by atoms with Crippen molar-refractivity contribution in [3.05, 3.63) is 93.9 Å². The molecule has 0 bridgehead atoms.